The monoisotopic (exact) mass is 245 g/mol. The fourth-order valence-electron chi connectivity index (χ4n) is 2.81. The molecular formula is C14H19N3O. The number of imidazole rings is 1. The van der Waals surface area contributed by atoms with Crippen molar-refractivity contribution in [2.24, 2.45) is 0 Å². The van der Waals surface area contributed by atoms with E-state index >= 15 is 0 Å². The first kappa shape index (κ1) is 11.7. The van der Waals surface area contributed by atoms with Crippen molar-refractivity contribution >= 4 is 11.0 Å². The highest BCUT2D eigenvalue weighted by Gasteiger charge is 2.21. The van der Waals surface area contributed by atoms with E-state index in [1.807, 2.05) is 18.2 Å². The van der Waals surface area contributed by atoms with Crippen molar-refractivity contribution in [3.63, 3.8) is 0 Å². The first-order valence-electron chi connectivity index (χ1n) is 6.67. The lowest BCUT2D eigenvalue weighted by Gasteiger charge is -2.23. The van der Waals surface area contributed by atoms with E-state index in [1.165, 1.54) is 12.8 Å². The van der Waals surface area contributed by atoms with Gasteiger partial charge in [-0.1, -0.05) is 12.1 Å². The van der Waals surface area contributed by atoms with Crippen LogP contribution in [0, 0.1) is 0 Å². The molecule has 1 atom stereocenters. The Morgan fingerprint density at radius 3 is 3.06 bits per heavy atom. The van der Waals surface area contributed by atoms with Crippen molar-refractivity contribution in [3.8, 4) is 0 Å². The van der Waals surface area contributed by atoms with Gasteiger partial charge in [-0.2, -0.15) is 0 Å². The number of piperidine rings is 1. The first-order valence-corrected chi connectivity index (χ1v) is 6.67. The summed E-state index contributed by atoms with van der Waals surface area (Å²) in [6.45, 7) is 2.89. The lowest BCUT2D eigenvalue weighted by molar-refractivity contribution is 0.273. The van der Waals surface area contributed by atoms with Gasteiger partial charge in [-0.25, -0.2) is 4.98 Å². The van der Waals surface area contributed by atoms with Crippen molar-refractivity contribution in [1.29, 1.82) is 0 Å². The van der Waals surface area contributed by atoms with E-state index in [9.17, 15) is 5.11 Å². The molecule has 3 rings (SSSR count). The van der Waals surface area contributed by atoms with E-state index in [-0.39, 0.29) is 6.61 Å². The fourth-order valence-corrected chi connectivity index (χ4v) is 2.81. The molecule has 1 aromatic carbocycles. The SMILES string of the molecule is OCCn1c(C2CCCNC2)nc2ccccc21. The molecule has 1 aromatic heterocycles. The van der Waals surface area contributed by atoms with E-state index in [1.54, 1.807) is 0 Å². The predicted octanol–water partition coefficient (Wildman–Crippen LogP) is 1.50. The highest BCUT2D eigenvalue weighted by Crippen LogP contribution is 2.26. The molecule has 18 heavy (non-hydrogen) atoms. The van der Waals surface area contributed by atoms with Crippen LogP contribution in [0.4, 0.5) is 0 Å². The lowest BCUT2D eigenvalue weighted by atomic mass is 9.99. The summed E-state index contributed by atoms with van der Waals surface area (Å²) in [5, 5.41) is 12.7. The molecule has 1 aliphatic heterocycles. The maximum atomic E-state index is 9.26. The summed E-state index contributed by atoms with van der Waals surface area (Å²) in [5.41, 5.74) is 2.17. The maximum Gasteiger partial charge on any atom is 0.114 e. The minimum Gasteiger partial charge on any atom is -0.395 e. The third-order valence-corrected chi connectivity index (χ3v) is 3.67. The van der Waals surface area contributed by atoms with Gasteiger partial charge in [-0.05, 0) is 31.5 Å². The number of fused-ring (bicyclic) bond motifs is 1. The summed E-state index contributed by atoms with van der Waals surface area (Å²) in [6, 6.07) is 8.17. The molecule has 1 aliphatic rings. The second-order valence-corrected chi connectivity index (χ2v) is 4.88. The summed E-state index contributed by atoms with van der Waals surface area (Å²) < 4.78 is 2.17. The Balaban J connectivity index is 2.05. The van der Waals surface area contributed by atoms with Crippen molar-refractivity contribution in [3.05, 3.63) is 30.1 Å². The van der Waals surface area contributed by atoms with Gasteiger partial charge in [0.2, 0.25) is 0 Å². The Morgan fingerprint density at radius 2 is 2.28 bits per heavy atom. The van der Waals surface area contributed by atoms with E-state index in [4.69, 9.17) is 4.98 Å². The Morgan fingerprint density at radius 1 is 1.39 bits per heavy atom. The topological polar surface area (TPSA) is 50.1 Å². The third kappa shape index (κ3) is 2.02. The normalized spacial score (nSPS) is 20.4. The molecule has 4 nitrogen and oxygen atoms in total. The zero-order valence-corrected chi connectivity index (χ0v) is 10.5. The van der Waals surface area contributed by atoms with E-state index in [0.29, 0.717) is 12.5 Å². The Labute approximate surface area is 107 Å². The number of para-hydroxylation sites is 2. The number of aliphatic hydroxyl groups excluding tert-OH is 1. The second kappa shape index (κ2) is 5.08. The standard InChI is InChI=1S/C14H19N3O/c18-9-8-17-13-6-2-1-5-12(13)16-14(17)11-4-3-7-15-10-11/h1-2,5-6,11,15,18H,3-4,7-10H2. The molecule has 0 bridgehead atoms. The van der Waals surface area contributed by atoms with Gasteiger partial charge in [0.1, 0.15) is 5.82 Å². The number of aromatic nitrogens is 2. The molecule has 1 unspecified atom stereocenters. The van der Waals surface area contributed by atoms with Gasteiger partial charge in [-0.3, -0.25) is 0 Å². The number of hydrogen-bond donors (Lipinski definition) is 2. The number of benzene rings is 1. The fraction of sp³-hybridized carbons (Fsp3) is 0.500. The maximum absolute atomic E-state index is 9.26. The first-order chi connectivity index (χ1) is 8.90. The van der Waals surface area contributed by atoms with Crippen LogP contribution in [-0.2, 0) is 6.54 Å². The Kier molecular flexibility index (Phi) is 3.30. The number of rotatable bonds is 3. The van der Waals surface area contributed by atoms with Gasteiger partial charge in [0.15, 0.2) is 0 Å². The summed E-state index contributed by atoms with van der Waals surface area (Å²) >= 11 is 0. The van der Waals surface area contributed by atoms with Crippen LogP contribution in [-0.4, -0.2) is 34.4 Å². The van der Waals surface area contributed by atoms with Crippen molar-refractivity contribution in [2.75, 3.05) is 19.7 Å². The van der Waals surface area contributed by atoms with E-state index in [2.05, 4.69) is 16.0 Å². The van der Waals surface area contributed by atoms with Gasteiger partial charge in [0, 0.05) is 19.0 Å². The van der Waals surface area contributed by atoms with Crippen molar-refractivity contribution in [1.82, 2.24) is 14.9 Å². The van der Waals surface area contributed by atoms with Crippen LogP contribution >= 0.6 is 0 Å². The molecule has 2 aromatic rings. The van der Waals surface area contributed by atoms with Crippen LogP contribution < -0.4 is 5.32 Å². The summed E-state index contributed by atoms with van der Waals surface area (Å²) in [7, 11) is 0. The molecule has 96 valence electrons. The second-order valence-electron chi connectivity index (χ2n) is 4.88. The van der Waals surface area contributed by atoms with Crippen LogP contribution in [0.25, 0.3) is 11.0 Å². The van der Waals surface area contributed by atoms with Gasteiger partial charge >= 0.3 is 0 Å². The van der Waals surface area contributed by atoms with E-state index in [0.717, 1.165) is 29.9 Å². The minimum absolute atomic E-state index is 0.160. The highest BCUT2D eigenvalue weighted by molar-refractivity contribution is 5.76. The zero-order chi connectivity index (χ0) is 12.4. The van der Waals surface area contributed by atoms with Crippen LogP contribution in [0.3, 0.4) is 0 Å². The number of hydrogen-bond acceptors (Lipinski definition) is 3. The predicted molar refractivity (Wildman–Crippen MR) is 71.7 cm³/mol. The molecule has 0 saturated carbocycles. The molecule has 4 heteroatoms. The smallest absolute Gasteiger partial charge is 0.114 e. The number of nitrogens with one attached hydrogen (secondary N) is 1. The van der Waals surface area contributed by atoms with Gasteiger partial charge in [0.25, 0.3) is 0 Å². The average molecular weight is 245 g/mol. The Hall–Kier alpha value is -1.39. The summed E-state index contributed by atoms with van der Waals surface area (Å²) in [6.07, 6.45) is 2.38. The number of aliphatic hydroxyl groups is 1. The van der Waals surface area contributed by atoms with Crippen molar-refractivity contribution in [2.45, 2.75) is 25.3 Å². The molecule has 0 aliphatic carbocycles. The average Bonchev–Trinajstić information content (AvgIpc) is 2.80. The number of nitrogens with zero attached hydrogens (tertiary/aromatic N) is 2. The summed E-state index contributed by atoms with van der Waals surface area (Å²) in [5.74, 6) is 1.59. The molecule has 1 fully saturated rings. The van der Waals surface area contributed by atoms with Crippen LogP contribution in [0.1, 0.15) is 24.6 Å². The third-order valence-electron chi connectivity index (χ3n) is 3.67. The van der Waals surface area contributed by atoms with Crippen molar-refractivity contribution < 1.29 is 5.11 Å². The highest BCUT2D eigenvalue weighted by atomic mass is 16.3. The summed E-state index contributed by atoms with van der Waals surface area (Å²) in [4.78, 5) is 4.77. The minimum atomic E-state index is 0.160. The van der Waals surface area contributed by atoms with Crippen LogP contribution in [0.5, 0.6) is 0 Å². The molecule has 0 amide bonds. The van der Waals surface area contributed by atoms with E-state index < -0.39 is 0 Å². The molecule has 2 N–H and O–H groups in total. The molecular weight excluding hydrogens is 226 g/mol. The van der Waals surface area contributed by atoms with Crippen LogP contribution in [0.2, 0.25) is 0 Å². The quantitative estimate of drug-likeness (QED) is 0.861. The lowest BCUT2D eigenvalue weighted by Crippen LogP contribution is -2.30. The van der Waals surface area contributed by atoms with Gasteiger partial charge < -0.3 is 15.0 Å². The van der Waals surface area contributed by atoms with Crippen LogP contribution in [0.15, 0.2) is 24.3 Å². The molecule has 2 heterocycles. The molecule has 0 radical (unpaired) electrons. The van der Waals surface area contributed by atoms with Gasteiger partial charge in [0.05, 0.1) is 17.6 Å². The molecule has 1 saturated heterocycles. The molecule has 0 spiro atoms. The van der Waals surface area contributed by atoms with Gasteiger partial charge in [-0.15, -0.1) is 0 Å². The Bertz CT molecular complexity index is 529. The zero-order valence-electron chi connectivity index (χ0n) is 10.5. The largest absolute Gasteiger partial charge is 0.395 e.